The van der Waals surface area contributed by atoms with Gasteiger partial charge in [0.1, 0.15) is 18.0 Å². The van der Waals surface area contributed by atoms with E-state index < -0.39 is 0 Å². The van der Waals surface area contributed by atoms with Gasteiger partial charge in [-0.05, 0) is 153 Å². The van der Waals surface area contributed by atoms with Crippen molar-refractivity contribution in [3.63, 3.8) is 0 Å². The summed E-state index contributed by atoms with van der Waals surface area (Å²) in [6.07, 6.45) is 13.8. The summed E-state index contributed by atoms with van der Waals surface area (Å²) in [5.41, 5.74) is 16.6. The number of carbonyl (C=O) groups is 1. The van der Waals surface area contributed by atoms with Crippen molar-refractivity contribution in [2.24, 2.45) is 5.73 Å². The Morgan fingerprint density at radius 3 is 2.10 bits per heavy atom. The number of fused-ring (bicyclic) bond motifs is 6. The third kappa shape index (κ3) is 8.19. The molecule has 0 atom stereocenters. The second-order valence-electron chi connectivity index (χ2n) is 17.4. The molecule has 8 heteroatoms. The number of ketones is 1. The molecule has 0 spiro atoms. The fraction of sp³-hybridized carbons (Fsp3) is 0.333. The van der Waals surface area contributed by atoms with Gasteiger partial charge in [-0.1, -0.05) is 68.1 Å². The monoisotopic (exact) mass is 957 g/mol. The van der Waals surface area contributed by atoms with E-state index in [4.69, 9.17) is 15.2 Å². The summed E-state index contributed by atoms with van der Waals surface area (Å²) in [6.45, 7) is 16.2. The molecule has 0 radical (unpaired) electrons. The molecule has 5 aromatic rings. The molecular formula is C54H60IN3O3S. The summed E-state index contributed by atoms with van der Waals surface area (Å²) in [5, 5.41) is 4.93. The molecule has 0 fully saturated rings. The Bertz CT molecular complexity index is 2700. The number of halogens is 1. The second-order valence-corrected chi connectivity index (χ2v) is 18.5. The maximum Gasteiger partial charge on any atom is 0.210 e. The van der Waals surface area contributed by atoms with E-state index in [1.807, 2.05) is 23.9 Å². The number of nitrogens with zero attached hydrogens (tertiary/aromatic N) is 2. The molecule has 62 heavy (non-hydrogen) atoms. The van der Waals surface area contributed by atoms with E-state index in [0.717, 1.165) is 54.3 Å². The van der Waals surface area contributed by atoms with Crippen molar-refractivity contribution < 1.29 is 42.8 Å². The average Bonchev–Trinajstić information content (AvgIpc) is 3.64. The molecule has 8 rings (SSSR count). The quantitative estimate of drug-likeness (QED) is 0.0721. The highest BCUT2D eigenvalue weighted by Gasteiger charge is 2.45. The Hall–Kier alpha value is -4.64. The van der Waals surface area contributed by atoms with Gasteiger partial charge >= 0.3 is 0 Å². The summed E-state index contributed by atoms with van der Waals surface area (Å²) in [4.78, 5) is 17.8. The Morgan fingerprint density at radius 2 is 1.47 bits per heavy atom. The van der Waals surface area contributed by atoms with Crippen molar-refractivity contribution in [3.05, 3.63) is 148 Å². The van der Waals surface area contributed by atoms with E-state index in [0.29, 0.717) is 19.4 Å². The standard InChI is InChI=1S/C54H60N3O3S.HI/c1-9-56-45-28-18-38-33-40(59-7)22-26-43(38)50(45)53(3,4)48(56)30-20-36-13-11-14-37(52(36)61-42-24-16-35(17-25-42)47(58)15-12-32-55)21-31-49-54(5,6)51-44-27-23-41(60-8)34-39(44)19-29-46(51)57(49)10-2;/h16-31,33-34H,9-15,32,55H2,1-8H3;1H/q+1;/p-1. The van der Waals surface area contributed by atoms with Crippen LogP contribution in [0.5, 0.6) is 11.5 Å². The highest BCUT2D eigenvalue weighted by Crippen LogP contribution is 2.52. The van der Waals surface area contributed by atoms with Crippen molar-refractivity contribution in [2.45, 2.75) is 89.4 Å². The van der Waals surface area contributed by atoms with Gasteiger partial charge in [0, 0.05) is 62.8 Å². The molecule has 5 aromatic carbocycles. The van der Waals surface area contributed by atoms with Gasteiger partial charge in [-0.3, -0.25) is 4.79 Å². The van der Waals surface area contributed by atoms with Crippen molar-refractivity contribution in [2.75, 3.05) is 38.8 Å². The number of Topliss-reactive ketones (excluding diaryl/α,β-unsaturated/α-hetero) is 1. The van der Waals surface area contributed by atoms with Crippen LogP contribution < -0.4 is 44.1 Å². The van der Waals surface area contributed by atoms with Crippen LogP contribution in [-0.4, -0.2) is 49.9 Å². The minimum atomic E-state index is -0.212. The molecule has 0 amide bonds. The van der Waals surface area contributed by atoms with Crippen molar-refractivity contribution in [1.29, 1.82) is 0 Å². The van der Waals surface area contributed by atoms with Crippen LogP contribution in [0.2, 0.25) is 0 Å². The van der Waals surface area contributed by atoms with E-state index in [1.165, 1.54) is 71.5 Å². The number of carbonyl (C=O) groups excluding carboxylic acids is 1. The van der Waals surface area contributed by atoms with Gasteiger partial charge in [-0.25, -0.2) is 0 Å². The minimum absolute atomic E-state index is 0. The molecule has 2 heterocycles. The number of nitrogens with two attached hydrogens (primary N) is 1. The SMILES string of the molecule is CCN1/C(=C/C=C2\CCCC(/C=C/C3=[N+](CC)c4ccc5cc(OC)ccc5c4C3(C)C)=C2Sc2ccc(C(=O)CCCN)cc2)C(C)(C)c2c1ccc1cc(OC)ccc21.[I-]. The molecule has 0 unspecified atom stereocenters. The van der Waals surface area contributed by atoms with E-state index >= 15 is 0 Å². The lowest BCUT2D eigenvalue weighted by atomic mass is 9.78. The van der Waals surface area contributed by atoms with Crippen LogP contribution in [0.3, 0.4) is 0 Å². The van der Waals surface area contributed by atoms with Crippen LogP contribution >= 0.6 is 11.8 Å². The summed E-state index contributed by atoms with van der Waals surface area (Å²) in [6, 6.07) is 30.1. The highest BCUT2D eigenvalue weighted by molar-refractivity contribution is 8.03. The molecule has 2 aliphatic heterocycles. The maximum atomic E-state index is 12.9. The first-order valence-corrected chi connectivity index (χ1v) is 22.8. The average molecular weight is 958 g/mol. The Labute approximate surface area is 389 Å². The molecule has 0 bridgehead atoms. The van der Waals surface area contributed by atoms with Crippen molar-refractivity contribution in [1.82, 2.24) is 0 Å². The first kappa shape index (κ1) is 45.4. The number of allylic oxidation sites excluding steroid dienone is 7. The zero-order valence-electron chi connectivity index (χ0n) is 37.5. The number of anilines is 1. The van der Waals surface area contributed by atoms with Gasteiger partial charge < -0.3 is 44.1 Å². The minimum Gasteiger partial charge on any atom is -1.00 e. The zero-order chi connectivity index (χ0) is 43.1. The molecule has 3 aliphatic rings. The number of hydrogen-bond donors (Lipinski definition) is 1. The lowest BCUT2D eigenvalue weighted by molar-refractivity contribution is -0.433. The first-order chi connectivity index (χ1) is 29.4. The smallest absolute Gasteiger partial charge is 0.210 e. The van der Waals surface area contributed by atoms with Crippen molar-refractivity contribution in [3.8, 4) is 11.5 Å². The third-order valence-corrected chi connectivity index (χ3v) is 14.3. The van der Waals surface area contributed by atoms with E-state index in [9.17, 15) is 4.79 Å². The molecule has 0 saturated carbocycles. The number of methoxy groups -OCH3 is 2. The number of thioether (sulfide) groups is 1. The molecule has 6 nitrogen and oxygen atoms in total. The maximum absolute atomic E-state index is 12.9. The van der Waals surface area contributed by atoms with Gasteiger partial charge in [-0.15, -0.1) is 0 Å². The van der Waals surface area contributed by atoms with Crippen LogP contribution in [0.1, 0.15) is 95.1 Å². The summed E-state index contributed by atoms with van der Waals surface area (Å²) < 4.78 is 13.7. The molecular weight excluding hydrogens is 898 g/mol. The predicted octanol–water partition coefficient (Wildman–Crippen LogP) is 9.75. The molecule has 322 valence electrons. The third-order valence-electron chi connectivity index (χ3n) is 13.1. The molecule has 0 saturated heterocycles. The zero-order valence-corrected chi connectivity index (χ0v) is 40.5. The summed E-state index contributed by atoms with van der Waals surface area (Å²) in [5.74, 6) is 1.89. The number of hydrogen-bond acceptors (Lipinski definition) is 6. The largest absolute Gasteiger partial charge is 1.00 e. The highest BCUT2D eigenvalue weighted by atomic mass is 127. The van der Waals surface area contributed by atoms with Crippen LogP contribution in [0.4, 0.5) is 11.4 Å². The van der Waals surface area contributed by atoms with Crippen LogP contribution in [0.25, 0.3) is 21.5 Å². The van der Waals surface area contributed by atoms with Gasteiger partial charge in [-0.2, -0.15) is 4.58 Å². The number of likely N-dealkylation sites (N-methyl/N-ethyl adjacent to an activating group) is 1. The fourth-order valence-electron chi connectivity index (χ4n) is 10.0. The van der Waals surface area contributed by atoms with Gasteiger partial charge in [0.25, 0.3) is 0 Å². The van der Waals surface area contributed by atoms with Crippen LogP contribution in [-0.2, 0) is 10.8 Å². The van der Waals surface area contributed by atoms with Crippen LogP contribution in [0, 0.1) is 0 Å². The number of benzene rings is 5. The topological polar surface area (TPSA) is 67.8 Å². The predicted molar refractivity (Wildman–Crippen MR) is 257 cm³/mol. The fourth-order valence-corrected chi connectivity index (χ4v) is 11.1. The second kappa shape index (κ2) is 18.6. The van der Waals surface area contributed by atoms with Crippen LogP contribution in [0.15, 0.2) is 136 Å². The van der Waals surface area contributed by atoms with E-state index in [2.05, 4.69) is 148 Å². The summed E-state index contributed by atoms with van der Waals surface area (Å²) in [7, 11) is 3.46. The van der Waals surface area contributed by atoms with E-state index in [1.54, 1.807) is 14.2 Å². The van der Waals surface area contributed by atoms with E-state index in [-0.39, 0.29) is 40.6 Å². The Balaban J connectivity index is 0.00000578. The number of ether oxygens (including phenoxy) is 2. The lowest BCUT2D eigenvalue weighted by Crippen LogP contribution is -3.00. The molecule has 1 aliphatic carbocycles. The lowest BCUT2D eigenvalue weighted by Gasteiger charge is -2.27. The normalized spacial score (nSPS) is 18.0. The van der Waals surface area contributed by atoms with Gasteiger partial charge in [0.05, 0.1) is 19.6 Å². The Morgan fingerprint density at radius 1 is 0.806 bits per heavy atom. The molecule has 2 N–H and O–H groups in total. The summed E-state index contributed by atoms with van der Waals surface area (Å²) >= 11 is 1.82. The Kier molecular flexibility index (Phi) is 13.6. The first-order valence-electron chi connectivity index (χ1n) is 21.9. The number of rotatable bonds is 13. The molecule has 0 aromatic heterocycles. The van der Waals surface area contributed by atoms with Gasteiger partial charge in [0.15, 0.2) is 11.5 Å². The van der Waals surface area contributed by atoms with Gasteiger partial charge in [0.2, 0.25) is 5.69 Å². The van der Waals surface area contributed by atoms with Crippen molar-refractivity contribution >= 4 is 56.2 Å².